The van der Waals surface area contributed by atoms with Crippen LogP contribution in [-0.2, 0) is 5.41 Å². The summed E-state index contributed by atoms with van der Waals surface area (Å²) in [6.45, 7) is 2.69. The molecule has 2 rings (SSSR count). The molecule has 1 aromatic carbocycles. The van der Waals surface area contributed by atoms with Gasteiger partial charge in [0.25, 0.3) is 0 Å². The van der Waals surface area contributed by atoms with Crippen molar-refractivity contribution in [1.29, 1.82) is 0 Å². The lowest BCUT2D eigenvalue weighted by Gasteiger charge is -2.41. The van der Waals surface area contributed by atoms with E-state index in [4.69, 9.17) is 0 Å². The largest absolute Gasteiger partial charge is 0.390 e. The van der Waals surface area contributed by atoms with Gasteiger partial charge in [0.05, 0.1) is 13.0 Å². The number of guanidine groups is 1. The Labute approximate surface area is 139 Å². The molecule has 0 amide bonds. The topological polar surface area (TPSA) is 36.4 Å². The van der Waals surface area contributed by atoms with Crippen molar-refractivity contribution in [2.24, 2.45) is 4.99 Å². The Morgan fingerprint density at radius 1 is 1.17 bits per heavy atom. The number of hydrogen-bond donors (Lipinski definition) is 2. The average Bonchev–Trinajstić information content (AvgIpc) is 2.46. The second-order valence-corrected chi connectivity index (χ2v) is 6.13. The molecule has 2 N–H and O–H groups in total. The van der Waals surface area contributed by atoms with Gasteiger partial charge >= 0.3 is 6.18 Å². The molecular weight excluding hydrogens is 322 g/mol. The predicted octanol–water partition coefficient (Wildman–Crippen LogP) is 3.75. The van der Waals surface area contributed by atoms with Crippen LogP contribution in [0.15, 0.2) is 29.3 Å². The van der Waals surface area contributed by atoms with Gasteiger partial charge in [0.15, 0.2) is 5.96 Å². The van der Waals surface area contributed by atoms with Gasteiger partial charge in [0.1, 0.15) is 5.82 Å². The Hall–Kier alpha value is -1.79. The molecule has 1 saturated carbocycles. The highest BCUT2D eigenvalue weighted by Gasteiger charge is 2.38. The maximum atomic E-state index is 13.1. The number of halogens is 4. The van der Waals surface area contributed by atoms with Crippen LogP contribution in [0.5, 0.6) is 0 Å². The Kier molecular flexibility index (Phi) is 6.07. The molecule has 0 heterocycles. The van der Waals surface area contributed by atoms with Crippen LogP contribution in [0.3, 0.4) is 0 Å². The zero-order valence-electron chi connectivity index (χ0n) is 13.7. The van der Waals surface area contributed by atoms with E-state index in [0.29, 0.717) is 19.0 Å². The first kappa shape index (κ1) is 18.5. The van der Waals surface area contributed by atoms with Gasteiger partial charge < -0.3 is 10.6 Å². The summed E-state index contributed by atoms with van der Waals surface area (Å²) in [4.78, 5) is 4.46. The van der Waals surface area contributed by atoms with Crippen LogP contribution in [0.25, 0.3) is 0 Å². The van der Waals surface area contributed by atoms with Crippen molar-refractivity contribution in [3.63, 3.8) is 0 Å². The first-order valence-corrected chi connectivity index (χ1v) is 8.20. The van der Waals surface area contributed by atoms with Crippen LogP contribution in [0.4, 0.5) is 17.6 Å². The van der Waals surface area contributed by atoms with Gasteiger partial charge in [-0.15, -0.1) is 0 Å². The van der Waals surface area contributed by atoms with Crippen molar-refractivity contribution in [3.8, 4) is 0 Å². The standard InChI is InChI=1S/C17H23F4N3/c1-2-22-15(23-11-10-17(19,20)21)24-12-16(8-3-9-16)13-4-6-14(18)7-5-13/h4-7H,2-3,8-12H2,1H3,(H2,22,23,24). The summed E-state index contributed by atoms with van der Waals surface area (Å²) in [6.07, 6.45) is -2.12. The maximum Gasteiger partial charge on any atom is 0.390 e. The molecule has 1 aliphatic carbocycles. The van der Waals surface area contributed by atoms with Gasteiger partial charge in [-0.3, -0.25) is 4.99 Å². The summed E-state index contributed by atoms with van der Waals surface area (Å²) in [6, 6.07) is 6.42. The van der Waals surface area contributed by atoms with E-state index in [1.165, 1.54) is 12.1 Å². The Morgan fingerprint density at radius 3 is 2.33 bits per heavy atom. The molecule has 0 saturated heterocycles. The third kappa shape index (κ3) is 5.11. The van der Waals surface area contributed by atoms with Crippen LogP contribution in [0.2, 0.25) is 0 Å². The van der Waals surface area contributed by atoms with Crippen molar-refractivity contribution >= 4 is 5.96 Å². The van der Waals surface area contributed by atoms with Gasteiger partial charge in [0.2, 0.25) is 0 Å². The second-order valence-electron chi connectivity index (χ2n) is 6.13. The van der Waals surface area contributed by atoms with Crippen LogP contribution >= 0.6 is 0 Å². The number of alkyl halides is 3. The summed E-state index contributed by atoms with van der Waals surface area (Å²) in [7, 11) is 0. The molecular formula is C17H23F4N3. The molecule has 3 nitrogen and oxygen atoms in total. The quantitative estimate of drug-likeness (QED) is 0.468. The van der Waals surface area contributed by atoms with E-state index < -0.39 is 12.6 Å². The van der Waals surface area contributed by atoms with Crippen molar-refractivity contribution < 1.29 is 17.6 Å². The monoisotopic (exact) mass is 345 g/mol. The summed E-state index contributed by atoms with van der Waals surface area (Å²) in [5.41, 5.74) is 0.894. The molecule has 0 atom stereocenters. The smallest absolute Gasteiger partial charge is 0.357 e. The molecule has 7 heteroatoms. The Morgan fingerprint density at radius 2 is 1.83 bits per heavy atom. The van der Waals surface area contributed by atoms with E-state index in [9.17, 15) is 17.6 Å². The third-order valence-electron chi connectivity index (χ3n) is 4.35. The SMILES string of the molecule is CCNC(=NCC1(c2ccc(F)cc2)CCC1)NCCC(F)(F)F. The van der Waals surface area contributed by atoms with E-state index in [1.54, 1.807) is 12.1 Å². The molecule has 0 unspecified atom stereocenters. The van der Waals surface area contributed by atoms with Gasteiger partial charge in [-0.1, -0.05) is 18.6 Å². The molecule has 0 bridgehead atoms. The molecule has 134 valence electrons. The van der Waals surface area contributed by atoms with E-state index in [1.807, 2.05) is 6.92 Å². The number of hydrogen-bond acceptors (Lipinski definition) is 1. The average molecular weight is 345 g/mol. The second kappa shape index (κ2) is 7.85. The first-order chi connectivity index (χ1) is 11.3. The Balaban J connectivity index is 2.01. The molecule has 1 aromatic rings. The molecule has 1 aliphatic rings. The number of rotatable bonds is 6. The normalized spacial score (nSPS) is 17.3. The maximum absolute atomic E-state index is 13.1. The van der Waals surface area contributed by atoms with Crippen molar-refractivity contribution in [3.05, 3.63) is 35.6 Å². The van der Waals surface area contributed by atoms with Crippen LogP contribution in [0.1, 0.15) is 38.2 Å². The summed E-state index contributed by atoms with van der Waals surface area (Å²) < 4.78 is 49.9. The minimum Gasteiger partial charge on any atom is -0.357 e. The number of aliphatic imine (C=N–C) groups is 1. The third-order valence-corrected chi connectivity index (χ3v) is 4.35. The first-order valence-electron chi connectivity index (χ1n) is 8.20. The number of benzene rings is 1. The van der Waals surface area contributed by atoms with E-state index >= 15 is 0 Å². The fraction of sp³-hybridized carbons (Fsp3) is 0.588. The molecule has 0 aliphatic heterocycles. The number of nitrogens with zero attached hydrogens (tertiary/aromatic N) is 1. The molecule has 1 fully saturated rings. The summed E-state index contributed by atoms with van der Waals surface area (Å²) in [5.74, 6) is 0.106. The van der Waals surface area contributed by atoms with Crippen molar-refractivity contribution in [2.75, 3.05) is 19.6 Å². The molecule has 0 aromatic heterocycles. The highest BCUT2D eigenvalue weighted by molar-refractivity contribution is 5.79. The fourth-order valence-corrected chi connectivity index (χ4v) is 2.84. The van der Waals surface area contributed by atoms with Gasteiger partial charge in [0, 0.05) is 18.5 Å². The van der Waals surface area contributed by atoms with Gasteiger partial charge in [-0.2, -0.15) is 13.2 Å². The van der Waals surface area contributed by atoms with E-state index in [2.05, 4.69) is 15.6 Å². The molecule has 0 spiro atoms. The lowest BCUT2D eigenvalue weighted by molar-refractivity contribution is -0.132. The van der Waals surface area contributed by atoms with Crippen LogP contribution < -0.4 is 10.6 Å². The lowest BCUT2D eigenvalue weighted by Crippen LogP contribution is -2.42. The van der Waals surface area contributed by atoms with Gasteiger partial charge in [-0.25, -0.2) is 4.39 Å². The van der Waals surface area contributed by atoms with Crippen molar-refractivity contribution in [1.82, 2.24) is 10.6 Å². The Bertz CT molecular complexity index is 548. The zero-order valence-corrected chi connectivity index (χ0v) is 13.7. The highest BCUT2D eigenvalue weighted by atomic mass is 19.4. The molecule has 24 heavy (non-hydrogen) atoms. The minimum atomic E-state index is -4.19. The minimum absolute atomic E-state index is 0.139. The van der Waals surface area contributed by atoms with Gasteiger partial charge in [-0.05, 0) is 37.5 Å². The fourth-order valence-electron chi connectivity index (χ4n) is 2.84. The van der Waals surface area contributed by atoms with Crippen LogP contribution in [0, 0.1) is 5.82 Å². The molecule has 0 radical (unpaired) electrons. The lowest BCUT2D eigenvalue weighted by atomic mass is 9.64. The summed E-state index contributed by atoms with van der Waals surface area (Å²) >= 11 is 0. The van der Waals surface area contributed by atoms with Crippen molar-refractivity contribution in [2.45, 2.75) is 44.2 Å². The van der Waals surface area contributed by atoms with E-state index in [-0.39, 0.29) is 17.8 Å². The summed E-state index contributed by atoms with van der Waals surface area (Å²) in [5, 5.41) is 5.68. The zero-order chi connectivity index (χ0) is 17.6. The predicted molar refractivity (Wildman–Crippen MR) is 86.6 cm³/mol. The highest BCUT2D eigenvalue weighted by Crippen LogP contribution is 2.44. The number of nitrogens with one attached hydrogen (secondary N) is 2. The van der Waals surface area contributed by atoms with E-state index in [0.717, 1.165) is 24.8 Å². The van der Waals surface area contributed by atoms with Crippen LogP contribution in [-0.4, -0.2) is 31.8 Å².